The van der Waals surface area contributed by atoms with Crippen LogP contribution in [0.4, 0.5) is 0 Å². The van der Waals surface area contributed by atoms with Gasteiger partial charge in [-0.1, -0.05) is 18.2 Å². The first-order valence-corrected chi connectivity index (χ1v) is 7.60. The lowest BCUT2D eigenvalue weighted by atomic mass is 10.2. The summed E-state index contributed by atoms with van der Waals surface area (Å²) in [5.41, 5.74) is 1.00. The molecule has 0 amide bonds. The van der Waals surface area contributed by atoms with Crippen LogP contribution in [0, 0.1) is 0 Å². The van der Waals surface area contributed by atoms with Crippen molar-refractivity contribution in [2.45, 2.75) is 39.3 Å². The number of hydrogen-bond donors (Lipinski definition) is 2. The molecule has 1 aromatic heterocycles. The molecule has 0 spiro atoms. The van der Waals surface area contributed by atoms with E-state index in [-0.39, 0.29) is 0 Å². The second-order valence-corrected chi connectivity index (χ2v) is 4.88. The molecule has 0 atom stereocenters. The minimum Gasteiger partial charge on any atom is -0.478 e. The van der Waals surface area contributed by atoms with Crippen molar-refractivity contribution in [3.8, 4) is 5.88 Å². The molecule has 0 fully saturated rings. The predicted molar refractivity (Wildman–Crippen MR) is 85.5 cm³/mol. The molecular weight excluding hydrogens is 264 g/mol. The Morgan fingerprint density at radius 2 is 2.19 bits per heavy atom. The van der Waals surface area contributed by atoms with E-state index < -0.39 is 0 Å². The van der Waals surface area contributed by atoms with Gasteiger partial charge >= 0.3 is 0 Å². The summed E-state index contributed by atoms with van der Waals surface area (Å²) in [4.78, 5) is 8.89. The monoisotopic (exact) mass is 288 g/mol. The maximum absolute atomic E-state index is 5.53. The van der Waals surface area contributed by atoms with Crippen molar-refractivity contribution in [3.05, 3.63) is 36.0 Å². The van der Waals surface area contributed by atoms with Crippen molar-refractivity contribution in [2.24, 2.45) is 4.99 Å². The van der Waals surface area contributed by atoms with E-state index in [2.05, 4.69) is 39.7 Å². The fraction of sp³-hybridized carbons (Fsp3) is 0.500. The largest absolute Gasteiger partial charge is 0.478 e. The summed E-state index contributed by atoms with van der Waals surface area (Å²) in [6.45, 7) is 6.04. The fourth-order valence-electron chi connectivity index (χ4n) is 2.22. The van der Waals surface area contributed by atoms with Gasteiger partial charge in [-0.15, -0.1) is 0 Å². The van der Waals surface area contributed by atoms with Gasteiger partial charge < -0.3 is 15.4 Å². The molecule has 114 valence electrons. The van der Waals surface area contributed by atoms with Crippen molar-refractivity contribution in [1.82, 2.24) is 15.6 Å². The zero-order chi connectivity index (χ0) is 14.9. The van der Waals surface area contributed by atoms with Crippen molar-refractivity contribution in [1.29, 1.82) is 0 Å². The maximum atomic E-state index is 5.53. The van der Waals surface area contributed by atoms with E-state index in [9.17, 15) is 0 Å². The number of aliphatic imine (C=N–C) groups is 1. The van der Waals surface area contributed by atoms with Crippen LogP contribution in [-0.2, 0) is 6.54 Å². The number of aromatic nitrogens is 1. The highest BCUT2D eigenvalue weighted by atomic mass is 16.5. The molecule has 0 unspecified atom stereocenters. The standard InChI is InChI=1S/C16H24N4O/c1-3-17-16(20-14-9-5-6-10-14)19-12-13-8-7-11-18-15(13)21-4-2/h5-8,11,14H,3-4,9-10,12H2,1-2H3,(H2,17,19,20). The molecule has 2 rings (SSSR count). The maximum Gasteiger partial charge on any atom is 0.218 e. The van der Waals surface area contributed by atoms with Crippen LogP contribution in [-0.4, -0.2) is 30.1 Å². The second kappa shape index (κ2) is 8.29. The molecule has 0 bridgehead atoms. The van der Waals surface area contributed by atoms with Crippen LogP contribution < -0.4 is 15.4 Å². The highest BCUT2D eigenvalue weighted by Crippen LogP contribution is 2.15. The molecule has 0 radical (unpaired) electrons. The Labute approximate surface area is 126 Å². The number of rotatable bonds is 6. The molecule has 5 nitrogen and oxygen atoms in total. The molecular formula is C16H24N4O. The van der Waals surface area contributed by atoms with Crippen molar-refractivity contribution in [2.75, 3.05) is 13.2 Å². The molecule has 1 aromatic rings. The van der Waals surface area contributed by atoms with Gasteiger partial charge in [-0.3, -0.25) is 0 Å². The highest BCUT2D eigenvalue weighted by molar-refractivity contribution is 5.80. The van der Waals surface area contributed by atoms with Crippen LogP contribution >= 0.6 is 0 Å². The van der Waals surface area contributed by atoms with Gasteiger partial charge in [-0.2, -0.15) is 0 Å². The van der Waals surface area contributed by atoms with Gasteiger partial charge in [-0.25, -0.2) is 9.98 Å². The van der Waals surface area contributed by atoms with Crippen LogP contribution in [0.3, 0.4) is 0 Å². The smallest absolute Gasteiger partial charge is 0.218 e. The Hall–Kier alpha value is -2.04. The zero-order valence-corrected chi connectivity index (χ0v) is 12.8. The van der Waals surface area contributed by atoms with E-state index in [1.165, 1.54) is 0 Å². The predicted octanol–water partition coefficient (Wildman–Crippen LogP) is 2.25. The van der Waals surface area contributed by atoms with Crippen molar-refractivity contribution in [3.63, 3.8) is 0 Å². The number of ether oxygens (including phenoxy) is 1. The third kappa shape index (κ3) is 4.77. The van der Waals surface area contributed by atoms with Gasteiger partial charge in [0.15, 0.2) is 5.96 Å². The van der Waals surface area contributed by atoms with E-state index in [4.69, 9.17) is 4.74 Å². The summed E-state index contributed by atoms with van der Waals surface area (Å²) in [5.74, 6) is 1.51. The lowest BCUT2D eigenvalue weighted by Gasteiger charge is -2.17. The molecule has 1 heterocycles. The quantitative estimate of drug-likeness (QED) is 0.479. The SMILES string of the molecule is CCNC(=NCc1cccnc1OCC)NC1CC=CC1. The molecule has 21 heavy (non-hydrogen) atoms. The first-order valence-electron chi connectivity index (χ1n) is 7.60. The summed E-state index contributed by atoms with van der Waals surface area (Å²) in [7, 11) is 0. The third-order valence-corrected chi connectivity index (χ3v) is 3.23. The van der Waals surface area contributed by atoms with E-state index in [1.54, 1.807) is 6.20 Å². The Balaban J connectivity index is 2.01. The van der Waals surface area contributed by atoms with Gasteiger partial charge in [0, 0.05) is 24.3 Å². The average molecular weight is 288 g/mol. The van der Waals surface area contributed by atoms with Crippen LogP contribution in [0.25, 0.3) is 0 Å². The van der Waals surface area contributed by atoms with Gasteiger partial charge in [0.05, 0.1) is 13.2 Å². The Kier molecular flexibility index (Phi) is 6.06. The van der Waals surface area contributed by atoms with Gasteiger partial charge in [-0.05, 0) is 32.8 Å². The molecule has 2 N–H and O–H groups in total. The topological polar surface area (TPSA) is 58.5 Å². The molecule has 1 aliphatic rings. The molecule has 1 aliphatic carbocycles. The number of hydrogen-bond acceptors (Lipinski definition) is 3. The van der Waals surface area contributed by atoms with E-state index in [0.717, 1.165) is 30.9 Å². The van der Waals surface area contributed by atoms with E-state index in [1.807, 2.05) is 19.1 Å². The first kappa shape index (κ1) is 15.4. The molecule has 0 saturated carbocycles. The normalized spacial score (nSPS) is 15.2. The number of guanidine groups is 1. The molecule has 0 aliphatic heterocycles. The van der Waals surface area contributed by atoms with Crippen molar-refractivity contribution < 1.29 is 4.74 Å². The Morgan fingerprint density at radius 3 is 2.90 bits per heavy atom. The lowest BCUT2D eigenvalue weighted by Crippen LogP contribution is -2.42. The van der Waals surface area contributed by atoms with Crippen LogP contribution in [0.15, 0.2) is 35.5 Å². The second-order valence-electron chi connectivity index (χ2n) is 4.88. The van der Waals surface area contributed by atoms with Gasteiger partial charge in [0.1, 0.15) is 0 Å². The average Bonchev–Trinajstić information content (AvgIpc) is 3.00. The minimum atomic E-state index is 0.447. The highest BCUT2D eigenvalue weighted by Gasteiger charge is 2.11. The molecule has 0 saturated heterocycles. The number of pyridine rings is 1. The summed E-state index contributed by atoms with van der Waals surface area (Å²) >= 11 is 0. The Bertz CT molecular complexity index is 491. The fourth-order valence-corrected chi connectivity index (χ4v) is 2.22. The van der Waals surface area contributed by atoms with Crippen LogP contribution in [0.2, 0.25) is 0 Å². The third-order valence-electron chi connectivity index (χ3n) is 3.23. The molecule has 5 heteroatoms. The number of nitrogens with one attached hydrogen (secondary N) is 2. The van der Waals surface area contributed by atoms with Crippen molar-refractivity contribution >= 4 is 5.96 Å². The zero-order valence-electron chi connectivity index (χ0n) is 12.8. The number of nitrogens with zero attached hydrogens (tertiary/aromatic N) is 2. The van der Waals surface area contributed by atoms with E-state index >= 15 is 0 Å². The summed E-state index contributed by atoms with van der Waals surface area (Å²) in [6, 6.07) is 4.36. The Morgan fingerprint density at radius 1 is 1.38 bits per heavy atom. The lowest BCUT2D eigenvalue weighted by molar-refractivity contribution is 0.323. The summed E-state index contributed by atoms with van der Waals surface area (Å²) < 4.78 is 5.53. The van der Waals surface area contributed by atoms with E-state index in [0.29, 0.717) is 25.1 Å². The summed E-state index contributed by atoms with van der Waals surface area (Å²) in [5, 5.41) is 6.73. The molecule has 0 aromatic carbocycles. The van der Waals surface area contributed by atoms with Crippen LogP contribution in [0.5, 0.6) is 5.88 Å². The van der Waals surface area contributed by atoms with Crippen LogP contribution in [0.1, 0.15) is 32.3 Å². The first-order chi connectivity index (χ1) is 10.3. The minimum absolute atomic E-state index is 0.447. The van der Waals surface area contributed by atoms with Gasteiger partial charge in [0.2, 0.25) is 5.88 Å². The summed E-state index contributed by atoms with van der Waals surface area (Å²) in [6.07, 6.45) is 8.26. The van der Waals surface area contributed by atoms with Gasteiger partial charge in [0.25, 0.3) is 0 Å².